The maximum atomic E-state index is 6.37. The molecule has 1 N–H and O–H groups in total. The molecule has 0 spiro atoms. The van der Waals surface area contributed by atoms with Crippen molar-refractivity contribution in [1.82, 2.24) is 20.0 Å². The number of hydrogen-bond acceptors (Lipinski definition) is 6. The third-order valence-electron chi connectivity index (χ3n) is 10.6. The summed E-state index contributed by atoms with van der Waals surface area (Å²) >= 11 is 12.4. The summed E-state index contributed by atoms with van der Waals surface area (Å²) in [6.45, 7) is 15.3. The lowest BCUT2D eigenvalue weighted by Gasteiger charge is -2.51. The van der Waals surface area contributed by atoms with Gasteiger partial charge in [-0.05, 0) is 73.6 Å². The number of ether oxygens (including phenoxy) is 2. The van der Waals surface area contributed by atoms with Crippen LogP contribution in [-0.4, -0.2) is 90.4 Å². The van der Waals surface area contributed by atoms with Crippen molar-refractivity contribution in [2.45, 2.75) is 82.5 Å². The van der Waals surface area contributed by atoms with Gasteiger partial charge in [-0.1, -0.05) is 65.2 Å². The van der Waals surface area contributed by atoms with Crippen LogP contribution in [-0.2, 0) is 11.3 Å². The zero-order valence-corrected chi connectivity index (χ0v) is 29.3. The fraction of sp³-hybridized carbons (Fsp3) is 0.513. The van der Waals surface area contributed by atoms with Crippen LogP contribution in [0.25, 0.3) is 0 Å². The van der Waals surface area contributed by atoms with E-state index in [0.717, 1.165) is 63.5 Å². The van der Waals surface area contributed by atoms with Crippen molar-refractivity contribution in [2.24, 2.45) is 5.92 Å². The van der Waals surface area contributed by atoms with E-state index in [1.807, 2.05) is 25.1 Å². The van der Waals surface area contributed by atoms with Crippen molar-refractivity contribution in [3.63, 3.8) is 0 Å². The second-order valence-corrected chi connectivity index (χ2v) is 15.0. The molecule has 4 aliphatic heterocycles. The largest absolute Gasteiger partial charge is 0.492 e. The molecular weight excluding hydrogens is 627 g/mol. The monoisotopic (exact) mass is 675 g/mol. The first-order valence-electron chi connectivity index (χ1n) is 17.5. The Morgan fingerprint density at radius 3 is 2.45 bits per heavy atom. The van der Waals surface area contributed by atoms with Crippen LogP contribution in [0, 0.1) is 19.8 Å². The highest BCUT2D eigenvalue weighted by Crippen LogP contribution is 2.47. The first kappa shape index (κ1) is 33.1. The van der Waals surface area contributed by atoms with E-state index in [1.54, 1.807) is 0 Å². The van der Waals surface area contributed by atoms with Crippen LogP contribution in [0.1, 0.15) is 43.7 Å². The van der Waals surface area contributed by atoms with Crippen LogP contribution in [0.15, 0.2) is 78.0 Å². The Kier molecular flexibility index (Phi) is 10.3. The van der Waals surface area contributed by atoms with Gasteiger partial charge in [0.1, 0.15) is 18.5 Å². The van der Waals surface area contributed by atoms with Crippen molar-refractivity contribution < 1.29 is 9.47 Å². The number of piperidine rings is 2. The molecule has 250 valence electrons. The maximum Gasteiger partial charge on any atom is 0.192 e. The van der Waals surface area contributed by atoms with Crippen LogP contribution in [0.3, 0.4) is 0 Å². The third-order valence-corrected chi connectivity index (χ3v) is 11.4. The molecule has 8 rings (SSSR count). The number of aryl methyl sites for hydroxylation is 1. The Morgan fingerprint density at radius 2 is 1.72 bits per heavy atom. The number of benzene rings is 2. The van der Waals surface area contributed by atoms with Crippen LogP contribution < -0.4 is 10.1 Å². The number of fused-ring (bicyclic) bond motifs is 4. The summed E-state index contributed by atoms with van der Waals surface area (Å²) in [4.78, 5) is 8.01. The van der Waals surface area contributed by atoms with Gasteiger partial charge in [0.2, 0.25) is 0 Å². The predicted octanol–water partition coefficient (Wildman–Crippen LogP) is 7.07. The van der Waals surface area contributed by atoms with Gasteiger partial charge >= 0.3 is 0 Å². The Morgan fingerprint density at radius 1 is 0.957 bits per heavy atom. The van der Waals surface area contributed by atoms with Crippen LogP contribution in [0.5, 0.6) is 5.75 Å². The van der Waals surface area contributed by atoms with E-state index in [2.05, 4.69) is 82.6 Å². The van der Waals surface area contributed by atoms with Crippen LogP contribution in [0.2, 0.25) is 10.0 Å². The number of allylic oxidation sites excluding steroid dienone is 2. The van der Waals surface area contributed by atoms with Gasteiger partial charge in [-0.25, -0.2) is 0 Å². The lowest BCUT2D eigenvalue weighted by molar-refractivity contribution is -0.0272. The van der Waals surface area contributed by atoms with Crippen molar-refractivity contribution >= 4 is 23.2 Å². The van der Waals surface area contributed by atoms with Gasteiger partial charge in [0.25, 0.3) is 0 Å². The van der Waals surface area contributed by atoms with E-state index in [0.29, 0.717) is 34.1 Å². The molecule has 0 amide bonds. The molecule has 6 unspecified atom stereocenters. The molecule has 7 atom stereocenters. The zero-order chi connectivity index (χ0) is 32.5. The molecule has 47 heavy (non-hydrogen) atoms. The molecule has 2 bridgehead atoms. The number of nitrogens with one attached hydrogen (secondary N) is 1. The topological polar surface area (TPSA) is 40.2 Å². The van der Waals surface area contributed by atoms with Crippen molar-refractivity contribution in [3.05, 3.63) is 106 Å². The summed E-state index contributed by atoms with van der Waals surface area (Å²) in [7, 11) is 0. The molecule has 4 fully saturated rings. The minimum Gasteiger partial charge on any atom is -0.492 e. The Hall–Kier alpha value is -2.45. The summed E-state index contributed by atoms with van der Waals surface area (Å²) in [5, 5.41) is 4.97. The van der Waals surface area contributed by atoms with E-state index in [1.165, 1.54) is 36.1 Å². The molecule has 1 saturated carbocycles. The van der Waals surface area contributed by atoms with E-state index in [-0.39, 0.29) is 18.2 Å². The number of piperazine rings is 1. The van der Waals surface area contributed by atoms with Gasteiger partial charge in [-0.15, -0.1) is 0 Å². The molecule has 6 nitrogen and oxygen atoms in total. The third kappa shape index (κ3) is 7.74. The molecule has 2 aliphatic carbocycles. The quantitative estimate of drug-likeness (QED) is 0.216. The van der Waals surface area contributed by atoms with Crippen LogP contribution >= 0.6 is 23.2 Å². The zero-order valence-electron chi connectivity index (χ0n) is 27.8. The number of hydrogen-bond donors (Lipinski definition) is 1. The first-order valence-corrected chi connectivity index (χ1v) is 18.3. The highest BCUT2D eigenvalue weighted by Gasteiger charge is 2.47. The molecule has 4 heterocycles. The average Bonchev–Trinajstić information content (AvgIpc) is 3.74. The number of nitrogens with zero attached hydrogens (tertiary/aromatic N) is 3. The lowest BCUT2D eigenvalue weighted by Crippen LogP contribution is -2.63. The fourth-order valence-corrected chi connectivity index (χ4v) is 8.42. The molecule has 8 heteroatoms. The van der Waals surface area contributed by atoms with E-state index < -0.39 is 0 Å². The maximum absolute atomic E-state index is 6.37. The lowest BCUT2D eigenvalue weighted by atomic mass is 9.90. The Labute approximate surface area is 291 Å². The summed E-state index contributed by atoms with van der Waals surface area (Å²) in [6, 6.07) is 16.2. The van der Waals surface area contributed by atoms with Gasteiger partial charge in [-0.3, -0.25) is 9.80 Å². The normalized spacial score (nSPS) is 29.1. The molecular formula is C39H49Cl2N4O2+. The van der Waals surface area contributed by atoms with Gasteiger partial charge in [0, 0.05) is 76.4 Å². The van der Waals surface area contributed by atoms with Gasteiger partial charge < -0.3 is 19.7 Å². The molecule has 2 aromatic carbocycles. The van der Waals surface area contributed by atoms with Gasteiger partial charge in [-0.2, -0.15) is 0 Å². The second kappa shape index (κ2) is 14.6. The minimum atomic E-state index is -0.0643. The van der Waals surface area contributed by atoms with Crippen molar-refractivity contribution in [3.8, 4) is 5.75 Å². The molecule has 3 saturated heterocycles. The summed E-state index contributed by atoms with van der Waals surface area (Å²) in [6.07, 6.45) is 14.0. The van der Waals surface area contributed by atoms with Gasteiger partial charge in [0.15, 0.2) is 6.10 Å². The fourth-order valence-electron chi connectivity index (χ4n) is 8.10. The van der Waals surface area contributed by atoms with E-state index in [4.69, 9.17) is 32.7 Å². The molecule has 0 aromatic heterocycles. The highest BCUT2D eigenvalue weighted by atomic mass is 35.5. The first-order chi connectivity index (χ1) is 22.8. The minimum absolute atomic E-state index is 0.0132. The summed E-state index contributed by atoms with van der Waals surface area (Å²) in [5.74, 6) is 1.48. The standard InChI is InChI=1S/C39H49Cl2N4O2/c1-26(2)47-38-7-4-6-32-34(33-21-37(33)42-22-28-10-15-35(40)36(41)20-28)25-45(39(32)38)17-5-16-43-23-30-12-11-29(43)24-44(30)18-19-46-31-13-8-27(3)9-14-31/h4,6-10,13-15,20,25-26,29-30,33,37-39,42H,1,5,11-12,16-19,21-24H2,2-3H3/q+1/t26?,29-,30?,33?,37?,38?,39?/m0/s1. The number of halogens is 2. The number of rotatable bonds is 14. The van der Waals surface area contributed by atoms with E-state index >= 15 is 0 Å². The molecule has 2 aromatic rings. The second-order valence-electron chi connectivity index (χ2n) is 14.2. The Balaban J connectivity index is 0.930. The summed E-state index contributed by atoms with van der Waals surface area (Å²) < 4.78 is 12.4. The average molecular weight is 677 g/mol. The highest BCUT2D eigenvalue weighted by molar-refractivity contribution is 6.42. The Bertz CT molecular complexity index is 1490. The predicted molar refractivity (Wildman–Crippen MR) is 192 cm³/mol. The SMILES string of the molecule is [CH2+]C(C)OC1C=CC=C2C(C3CC3NCc3ccc(Cl)c(Cl)c3)=CN(CCCN3CC4CC[C@H]3CN4CCOc3ccc(C)cc3)C21. The van der Waals surface area contributed by atoms with Crippen molar-refractivity contribution in [2.75, 3.05) is 39.3 Å². The van der Waals surface area contributed by atoms with Gasteiger partial charge in [0.05, 0.1) is 23.0 Å². The smallest absolute Gasteiger partial charge is 0.192 e. The molecule has 6 aliphatic rings. The van der Waals surface area contributed by atoms with Crippen LogP contribution in [0.4, 0.5) is 0 Å². The van der Waals surface area contributed by atoms with Crippen molar-refractivity contribution in [1.29, 1.82) is 0 Å². The van der Waals surface area contributed by atoms with E-state index in [9.17, 15) is 0 Å². The summed E-state index contributed by atoms with van der Waals surface area (Å²) in [5.41, 5.74) is 5.31. The molecule has 0 radical (unpaired) electrons.